The summed E-state index contributed by atoms with van der Waals surface area (Å²) in [4.78, 5) is 17.0. The second-order valence-electron chi connectivity index (χ2n) is 6.31. The third-order valence-electron chi connectivity index (χ3n) is 4.05. The monoisotopic (exact) mass is 366 g/mol. The second-order valence-corrected chi connectivity index (χ2v) is 7.17. The predicted octanol–water partition coefficient (Wildman–Crippen LogP) is 4.87. The van der Waals surface area contributed by atoms with E-state index in [1.54, 1.807) is 7.11 Å². The van der Waals surface area contributed by atoms with Gasteiger partial charge in [-0.15, -0.1) is 11.3 Å². The topological polar surface area (TPSA) is 51.2 Å². The van der Waals surface area contributed by atoms with E-state index >= 15 is 0 Å². The molecule has 4 nitrogen and oxygen atoms in total. The molecular weight excluding hydrogens is 344 g/mol. The lowest BCUT2D eigenvalue weighted by atomic mass is 10.1. The number of anilines is 1. The summed E-state index contributed by atoms with van der Waals surface area (Å²) >= 11 is 1.43. The Morgan fingerprint density at radius 1 is 1.12 bits per heavy atom. The molecule has 1 aromatic heterocycles. The van der Waals surface area contributed by atoms with Crippen molar-refractivity contribution in [3.8, 4) is 11.3 Å². The Morgan fingerprint density at radius 2 is 1.81 bits per heavy atom. The number of ether oxygens (including phenoxy) is 1. The zero-order valence-electron chi connectivity index (χ0n) is 15.2. The Kier molecular flexibility index (Phi) is 5.81. The van der Waals surface area contributed by atoms with Crippen molar-refractivity contribution < 1.29 is 9.53 Å². The molecule has 26 heavy (non-hydrogen) atoms. The van der Waals surface area contributed by atoms with Gasteiger partial charge in [-0.2, -0.15) is 0 Å². The highest BCUT2D eigenvalue weighted by Crippen LogP contribution is 2.25. The molecule has 0 atom stereocenters. The van der Waals surface area contributed by atoms with E-state index in [0.717, 1.165) is 28.8 Å². The van der Waals surface area contributed by atoms with Gasteiger partial charge in [-0.1, -0.05) is 41.5 Å². The number of nitrogens with zero attached hydrogens (tertiary/aromatic N) is 1. The fourth-order valence-electron chi connectivity index (χ4n) is 2.80. The Morgan fingerprint density at radius 3 is 2.46 bits per heavy atom. The third kappa shape index (κ3) is 4.56. The lowest BCUT2D eigenvalue weighted by molar-refractivity contribution is 0.102. The summed E-state index contributed by atoms with van der Waals surface area (Å²) in [6.45, 7) is 4.69. The van der Waals surface area contributed by atoms with Crippen LogP contribution in [0.5, 0.6) is 0 Å². The van der Waals surface area contributed by atoms with Gasteiger partial charge in [-0.3, -0.25) is 10.1 Å². The van der Waals surface area contributed by atoms with Gasteiger partial charge in [-0.25, -0.2) is 4.98 Å². The standard InChI is InChI=1S/C21H22N2O2S/c1-14-10-15(2)12-18(11-14)20(24)23-21-22-19(13-26-21)17-6-4-16(5-7-17)8-9-25-3/h4-7,10-13H,8-9H2,1-3H3,(H,22,23,24). The lowest BCUT2D eigenvalue weighted by Gasteiger charge is -2.05. The molecule has 0 bridgehead atoms. The largest absolute Gasteiger partial charge is 0.384 e. The van der Waals surface area contributed by atoms with Gasteiger partial charge in [0.05, 0.1) is 12.3 Å². The van der Waals surface area contributed by atoms with Crippen LogP contribution >= 0.6 is 11.3 Å². The molecule has 134 valence electrons. The van der Waals surface area contributed by atoms with Gasteiger partial charge in [-0.05, 0) is 38.0 Å². The van der Waals surface area contributed by atoms with Crippen molar-refractivity contribution in [1.29, 1.82) is 0 Å². The number of amides is 1. The summed E-state index contributed by atoms with van der Waals surface area (Å²) in [6.07, 6.45) is 0.894. The molecule has 3 rings (SSSR count). The molecule has 0 saturated heterocycles. The van der Waals surface area contributed by atoms with Gasteiger partial charge in [0, 0.05) is 23.6 Å². The van der Waals surface area contributed by atoms with Gasteiger partial charge >= 0.3 is 0 Å². The van der Waals surface area contributed by atoms with Crippen LogP contribution < -0.4 is 5.32 Å². The van der Waals surface area contributed by atoms with Crippen molar-refractivity contribution >= 4 is 22.4 Å². The summed E-state index contributed by atoms with van der Waals surface area (Å²) in [5.41, 5.74) is 5.93. The number of hydrogen-bond donors (Lipinski definition) is 1. The molecule has 0 aliphatic heterocycles. The number of thiazole rings is 1. The Bertz CT molecular complexity index is 880. The second kappa shape index (κ2) is 8.25. The Balaban J connectivity index is 1.70. The first-order valence-corrected chi connectivity index (χ1v) is 9.36. The normalized spacial score (nSPS) is 10.7. The summed E-state index contributed by atoms with van der Waals surface area (Å²) in [6, 6.07) is 14.1. The smallest absolute Gasteiger partial charge is 0.257 e. The highest BCUT2D eigenvalue weighted by Gasteiger charge is 2.11. The summed E-state index contributed by atoms with van der Waals surface area (Å²) in [7, 11) is 1.71. The maximum atomic E-state index is 12.5. The first kappa shape index (κ1) is 18.3. The minimum Gasteiger partial charge on any atom is -0.384 e. The third-order valence-corrected chi connectivity index (χ3v) is 4.81. The van der Waals surface area contributed by atoms with Crippen LogP contribution in [0, 0.1) is 13.8 Å². The van der Waals surface area contributed by atoms with Crippen LogP contribution in [0.2, 0.25) is 0 Å². The number of methoxy groups -OCH3 is 1. The highest BCUT2D eigenvalue weighted by atomic mass is 32.1. The molecule has 0 radical (unpaired) electrons. The maximum Gasteiger partial charge on any atom is 0.257 e. The van der Waals surface area contributed by atoms with E-state index in [-0.39, 0.29) is 5.91 Å². The van der Waals surface area contributed by atoms with Gasteiger partial charge < -0.3 is 4.74 Å². The van der Waals surface area contributed by atoms with Crippen molar-refractivity contribution in [1.82, 2.24) is 4.98 Å². The van der Waals surface area contributed by atoms with Gasteiger partial charge in [0.15, 0.2) is 5.13 Å². The van der Waals surface area contributed by atoms with E-state index < -0.39 is 0 Å². The van der Waals surface area contributed by atoms with E-state index in [9.17, 15) is 4.79 Å². The molecule has 2 aromatic carbocycles. The fourth-order valence-corrected chi connectivity index (χ4v) is 3.52. The van der Waals surface area contributed by atoms with Crippen molar-refractivity contribution in [3.63, 3.8) is 0 Å². The number of benzene rings is 2. The van der Waals surface area contributed by atoms with Gasteiger partial charge in [0.25, 0.3) is 5.91 Å². The van der Waals surface area contributed by atoms with Crippen molar-refractivity contribution in [3.05, 3.63) is 70.1 Å². The number of carbonyl (C=O) groups is 1. The SMILES string of the molecule is COCCc1ccc(-c2csc(NC(=O)c3cc(C)cc(C)c3)n2)cc1. The highest BCUT2D eigenvalue weighted by molar-refractivity contribution is 7.14. The number of nitrogens with one attached hydrogen (secondary N) is 1. The molecule has 5 heteroatoms. The Hall–Kier alpha value is -2.50. The van der Waals surface area contributed by atoms with Crippen LogP contribution in [-0.4, -0.2) is 24.6 Å². The Labute approximate surface area is 157 Å². The molecule has 1 N–H and O–H groups in total. The number of aryl methyl sites for hydroxylation is 2. The molecule has 1 amide bonds. The molecule has 0 spiro atoms. The van der Waals surface area contributed by atoms with E-state index in [1.165, 1.54) is 16.9 Å². The number of rotatable bonds is 6. The molecule has 1 heterocycles. The zero-order chi connectivity index (χ0) is 18.5. The summed E-state index contributed by atoms with van der Waals surface area (Å²) < 4.78 is 5.10. The zero-order valence-corrected chi connectivity index (χ0v) is 16.0. The van der Waals surface area contributed by atoms with Crippen molar-refractivity contribution in [2.24, 2.45) is 0 Å². The van der Waals surface area contributed by atoms with Crippen LogP contribution in [0.4, 0.5) is 5.13 Å². The fraction of sp³-hybridized carbons (Fsp3) is 0.238. The number of aromatic nitrogens is 1. The van der Waals surface area contributed by atoms with Crippen LogP contribution in [-0.2, 0) is 11.2 Å². The lowest BCUT2D eigenvalue weighted by Crippen LogP contribution is -2.12. The predicted molar refractivity (Wildman–Crippen MR) is 107 cm³/mol. The van der Waals surface area contributed by atoms with E-state index in [2.05, 4.69) is 40.6 Å². The molecule has 0 unspecified atom stereocenters. The van der Waals surface area contributed by atoms with Crippen LogP contribution in [0.15, 0.2) is 47.8 Å². The first-order valence-electron chi connectivity index (χ1n) is 8.48. The maximum absolute atomic E-state index is 12.5. The van der Waals surface area contributed by atoms with E-state index in [1.807, 2.05) is 31.4 Å². The number of carbonyl (C=O) groups excluding carboxylic acids is 1. The van der Waals surface area contributed by atoms with E-state index in [0.29, 0.717) is 17.3 Å². The summed E-state index contributed by atoms with van der Waals surface area (Å²) in [5.74, 6) is -0.132. The van der Waals surface area contributed by atoms with E-state index in [4.69, 9.17) is 4.74 Å². The van der Waals surface area contributed by atoms with Gasteiger partial charge in [0.2, 0.25) is 0 Å². The van der Waals surface area contributed by atoms with Crippen LogP contribution in [0.1, 0.15) is 27.0 Å². The van der Waals surface area contributed by atoms with Crippen LogP contribution in [0.3, 0.4) is 0 Å². The average molecular weight is 366 g/mol. The van der Waals surface area contributed by atoms with Gasteiger partial charge in [0.1, 0.15) is 0 Å². The molecule has 0 aliphatic carbocycles. The number of hydrogen-bond acceptors (Lipinski definition) is 4. The molecule has 0 aliphatic rings. The van der Waals surface area contributed by atoms with Crippen molar-refractivity contribution in [2.75, 3.05) is 19.0 Å². The molecule has 3 aromatic rings. The molecule has 0 saturated carbocycles. The minimum absolute atomic E-state index is 0.132. The molecule has 0 fully saturated rings. The van der Waals surface area contributed by atoms with Crippen LogP contribution in [0.25, 0.3) is 11.3 Å². The molecular formula is C21H22N2O2S. The minimum atomic E-state index is -0.132. The average Bonchev–Trinajstić information content (AvgIpc) is 3.08. The first-order chi connectivity index (χ1) is 12.5. The quantitative estimate of drug-likeness (QED) is 0.677. The van der Waals surface area contributed by atoms with Crippen molar-refractivity contribution in [2.45, 2.75) is 20.3 Å². The summed E-state index contributed by atoms with van der Waals surface area (Å²) in [5, 5.41) is 5.46.